The Labute approximate surface area is 118 Å². The first-order valence-electron chi connectivity index (χ1n) is 7.77. The Morgan fingerprint density at radius 3 is 2.26 bits per heavy atom. The maximum atomic E-state index is 12.9. The Morgan fingerprint density at radius 2 is 1.74 bits per heavy atom. The Kier molecular flexibility index (Phi) is 6.80. The van der Waals surface area contributed by atoms with Crippen LogP contribution < -0.4 is 5.73 Å². The minimum Gasteiger partial charge on any atom is -0.341 e. The maximum absolute atomic E-state index is 12.9. The lowest BCUT2D eigenvalue weighted by atomic mass is 9.78. The Balaban J connectivity index is 2.79. The van der Waals surface area contributed by atoms with Crippen LogP contribution in [0.5, 0.6) is 0 Å². The Hall–Kier alpha value is -0.610. The largest absolute Gasteiger partial charge is 0.341 e. The highest BCUT2D eigenvalue weighted by Gasteiger charge is 2.38. The highest BCUT2D eigenvalue weighted by atomic mass is 16.2. The zero-order valence-electron chi connectivity index (χ0n) is 13.0. The molecule has 1 fully saturated rings. The smallest absolute Gasteiger partial charge is 0.230 e. The summed E-state index contributed by atoms with van der Waals surface area (Å²) in [5, 5.41) is 0. The molecule has 0 aromatic rings. The summed E-state index contributed by atoms with van der Waals surface area (Å²) in [4.78, 5) is 17.3. The monoisotopic (exact) mass is 269 g/mol. The third-order valence-electron chi connectivity index (χ3n) is 4.31. The summed E-state index contributed by atoms with van der Waals surface area (Å²) in [6.45, 7) is 8.57. The van der Waals surface area contributed by atoms with Crippen molar-refractivity contribution in [3.8, 4) is 0 Å². The lowest BCUT2D eigenvalue weighted by molar-refractivity contribution is -0.142. The summed E-state index contributed by atoms with van der Waals surface area (Å²) >= 11 is 0. The van der Waals surface area contributed by atoms with Gasteiger partial charge in [-0.25, -0.2) is 0 Å². The van der Waals surface area contributed by atoms with Gasteiger partial charge in [0.15, 0.2) is 0 Å². The topological polar surface area (TPSA) is 49.6 Å². The van der Waals surface area contributed by atoms with Crippen LogP contribution in [0.3, 0.4) is 0 Å². The van der Waals surface area contributed by atoms with Crippen molar-refractivity contribution in [3.05, 3.63) is 0 Å². The Morgan fingerprint density at radius 1 is 1.11 bits per heavy atom. The second kappa shape index (κ2) is 7.85. The number of hydrogen-bond donors (Lipinski definition) is 1. The van der Waals surface area contributed by atoms with Crippen molar-refractivity contribution in [1.29, 1.82) is 0 Å². The number of nitrogens with two attached hydrogens (primary N) is 1. The standard InChI is InChI=1S/C15H31N3O/c1-4-7-15(13-16,8-5-2)14(19)18-10-6-9-17(3)11-12-18/h4-13,16H2,1-3H3. The van der Waals surface area contributed by atoms with Crippen molar-refractivity contribution in [1.82, 2.24) is 9.80 Å². The third-order valence-corrected chi connectivity index (χ3v) is 4.31. The van der Waals surface area contributed by atoms with Gasteiger partial charge in [-0.3, -0.25) is 4.79 Å². The quantitative estimate of drug-likeness (QED) is 0.798. The Bertz CT molecular complexity index is 275. The molecule has 1 heterocycles. The fourth-order valence-electron chi connectivity index (χ4n) is 3.17. The van der Waals surface area contributed by atoms with Crippen LogP contribution in [0, 0.1) is 5.41 Å². The number of hydrogen-bond acceptors (Lipinski definition) is 3. The van der Waals surface area contributed by atoms with Gasteiger partial charge in [0.2, 0.25) is 5.91 Å². The average Bonchev–Trinajstić information content (AvgIpc) is 2.62. The van der Waals surface area contributed by atoms with E-state index in [0.29, 0.717) is 12.5 Å². The predicted octanol–water partition coefficient (Wildman–Crippen LogP) is 1.70. The molecule has 0 radical (unpaired) electrons. The van der Waals surface area contributed by atoms with E-state index in [-0.39, 0.29) is 5.41 Å². The summed E-state index contributed by atoms with van der Waals surface area (Å²) in [7, 11) is 2.13. The van der Waals surface area contributed by atoms with Gasteiger partial charge in [0.05, 0.1) is 5.41 Å². The van der Waals surface area contributed by atoms with Crippen molar-refractivity contribution >= 4 is 5.91 Å². The van der Waals surface area contributed by atoms with E-state index < -0.39 is 0 Å². The van der Waals surface area contributed by atoms with E-state index in [9.17, 15) is 4.79 Å². The predicted molar refractivity (Wildman–Crippen MR) is 80.0 cm³/mol. The molecule has 0 saturated carbocycles. The molecule has 0 bridgehead atoms. The molecule has 0 aromatic heterocycles. The number of likely N-dealkylation sites (N-methyl/N-ethyl adjacent to an activating group) is 1. The molecular weight excluding hydrogens is 238 g/mol. The minimum atomic E-state index is -0.313. The van der Waals surface area contributed by atoms with Crippen LogP contribution in [-0.4, -0.2) is 55.5 Å². The van der Waals surface area contributed by atoms with Gasteiger partial charge in [0.1, 0.15) is 0 Å². The van der Waals surface area contributed by atoms with Crippen LogP contribution in [0.4, 0.5) is 0 Å². The van der Waals surface area contributed by atoms with Gasteiger partial charge >= 0.3 is 0 Å². The van der Waals surface area contributed by atoms with E-state index >= 15 is 0 Å². The van der Waals surface area contributed by atoms with Crippen LogP contribution in [-0.2, 0) is 4.79 Å². The SMILES string of the molecule is CCCC(CN)(CCC)C(=O)N1CCCN(C)CC1. The van der Waals surface area contributed by atoms with Gasteiger partial charge in [-0.2, -0.15) is 0 Å². The first kappa shape index (κ1) is 16.4. The van der Waals surface area contributed by atoms with Crippen LogP contribution in [0.15, 0.2) is 0 Å². The highest BCUT2D eigenvalue weighted by molar-refractivity contribution is 5.83. The molecule has 1 aliphatic rings. The summed E-state index contributed by atoms with van der Waals surface area (Å²) < 4.78 is 0. The summed E-state index contributed by atoms with van der Waals surface area (Å²) in [5.74, 6) is 0.300. The average molecular weight is 269 g/mol. The first-order chi connectivity index (χ1) is 9.09. The number of carbonyl (C=O) groups excluding carboxylic acids is 1. The number of amides is 1. The van der Waals surface area contributed by atoms with Crippen molar-refractivity contribution in [3.63, 3.8) is 0 Å². The fraction of sp³-hybridized carbons (Fsp3) is 0.933. The molecule has 112 valence electrons. The molecule has 0 atom stereocenters. The number of nitrogens with zero attached hydrogens (tertiary/aromatic N) is 2. The van der Waals surface area contributed by atoms with Crippen molar-refractivity contribution < 1.29 is 4.79 Å². The van der Waals surface area contributed by atoms with Gasteiger partial charge < -0.3 is 15.5 Å². The molecule has 4 nitrogen and oxygen atoms in total. The van der Waals surface area contributed by atoms with Crippen molar-refractivity contribution in [2.45, 2.75) is 46.0 Å². The second-order valence-corrected chi connectivity index (χ2v) is 5.93. The molecule has 0 unspecified atom stereocenters. The van der Waals surface area contributed by atoms with Gasteiger partial charge in [-0.15, -0.1) is 0 Å². The molecule has 1 rings (SSSR count). The van der Waals surface area contributed by atoms with Crippen LogP contribution in [0.1, 0.15) is 46.0 Å². The third kappa shape index (κ3) is 4.18. The van der Waals surface area contributed by atoms with Gasteiger partial charge in [-0.05, 0) is 32.9 Å². The van der Waals surface area contributed by atoms with Crippen LogP contribution >= 0.6 is 0 Å². The fourth-order valence-corrected chi connectivity index (χ4v) is 3.17. The van der Waals surface area contributed by atoms with Gasteiger partial charge in [0.25, 0.3) is 0 Å². The van der Waals surface area contributed by atoms with Gasteiger partial charge in [0, 0.05) is 26.2 Å². The van der Waals surface area contributed by atoms with Crippen LogP contribution in [0.2, 0.25) is 0 Å². The zero-order chi connectivity index (χ0) is 14.3. The highest BCUT2D eigenvalue weighted by Crippen LogP contribution is 2.31. The normalized spacial score (nSPS) is 18.4. The molecule has 0 aliphatic carbocycles. The first-order valence-corrected chi connectivity index (χ1v) is 7.77. The summed E-state index contributed by atoms with van der Waals surface area (Å²) in [6, 6.07) is 0. The lowest BCUT2D eigenvalue weighted by Gasteiger charge is -2.36. The second-order valence-electron chi connectivity index (χ2n) is 5.93. The van der Waals surface area contributed by atoms with E-state index in [2.05, 4.69) is 30.7 Å². The minimum absolute atomic E-state index is 0.300. The van der Waals surface area contributed by atoms with Crippen molar-refractivity contribution in [2.24, 2.45) is 11.1 Å². The molecule has 4 heteroatoms. The maximum Gasteiger partial charge on any atom is 0.230 e. The van der Waals surface area contributed by atoms with Gasteiger partial charge in [-0.1, -0.05) is 26.7 Å². The molecular formula is C15H31N3O. The summed E-state index contributed by atoms with van der Waals surface area (Å²) in [6.07, 6.45) is 4.96. The van der Waals surface area contributed by atoms with Crippen molar-refractivity contribution in [2.75, 3.05) is 39.8 Å². The van der Waals surface area contributed by atoms with E-state index in [1.165, 1.54) is 0 Å². The number of rotatable bonds is 6. The molecule has 1 saturated heterocycles. The van der Waals surface area contributed by atoms with Crippen LogP contribution in [0.25, 0.3) is 0 Å². The van der Waals surface area contributed by atoms with E-state index in [1.54, 1.807) is 0 Å². The molecule has 19 heavy (non-hydrogen) atoms. The lowest BCUT2D eigenvalue weighted by Crippen LogP contribution is -2.49. The van der Waals surface area contributed by atoms with E-state index in [0.717, 1.165) is 58.3 Å². The van der Waals surface area contributed by atoms with E-state index in [1.807, 2.05) is 0 Å². The molecule has 0 spiro atoms. The summed E-state index contributed by atoms with van der Waals surface area (Å²) in [5.41, 5.74) is 5.68. The number of carbonyl (C=O) groups is 1. The van der Waals surface area contributed by atoms with E-state index in [4.69, 9.17) is 5.73 Å². The zero-order valence-corrected chi connectivity index (χ0v) is 13.0. The molecule has 1 aliphatic heterocycles. The molecule has 1 amide bonds. The molecule has 0 aromatic carbocycles. The molecule has 2 N–H and O–H groups in total.